The lowest BCUT2D eigenvalue weighted by atomic mass is 10.1. The number of methoxy groups -OCH3 is 1. The number of aliphatic hydroxyl groups excluding tert-OH is 1. The van der Waals surface area contributed by atoms with E-state index < -0.39 is 24.7 Å². The lowest BCUT2D eigenvalue weighted by molar-refractivity contribution is -0.150. The lowest BCUT2D eigenvalue weighted by Crippen LogP contribution is -2.14. The van der Waals surface area contributed by atoms with Crippen LogP contribution in [0.4, 0.5) is 13.2 Å². The Hall–Kier alpha value is -1.56. The monoisotopic (exact) mass is 248 g/mol. The van der Waals surface area contributed by atoms with E-state index in [1.165, 1.54) is 24.3 Å². The second-order valence-corrected chi connectivity index (χ2v) is 3.46. The van der Waals surface area contributed by atoms with E-state index in [4.69, 9.17) is 0 Å². The van der Waals surface area contributed by atoms with Crippen molar-refractivity contribution in [3.05, 3.63) is 35.4 Å². The lowest BCUT2D eigenvalue weighted by Gasteiger charge is -2.10. The fraction of sp³-hybridized carbons (Fsp3) is 0.364. The summed E-state index contributed by atoms with van der Waals surface area (Å²) in [6, 6.07) is 4.97. The van der Waals surface area contributed by atoms with Crippen LogP contribution in [0, 0.1) is 0 Å². The summed E-state index contributed by atoms with van der Waals surface area (Å²) in [6.45, 7) is 0. The molecule has 1 atom stereocenters. The van der Waals surface area contributed by atoms with Gasteiger partial charge in [0.25, 0.3) is 0 Å². The van der Waals surface area contributed by atoms with Gasteiger partial charge in [0.1, 0.15) is 0 Å². The minimum absolute atomic E-state index is 0.0679. The fourth-order valence-electron chi connectivity index (χ4n) is 1.30. The summed E-state index contributed by atoms with van der Waals surface area (Å²) < 4.78 is 40.5. The Balaban J connectivity index is 2.78. The SMILES string of the molecule is COC(=O)C(O)c1ccc(CC(F)(F)F)cc1. The highest BCUT2D eigenvalue weighted by Gasteiger charge is 2.27. The van der Waals surface area contributed by atoms with Gasteiger partial charge in [0.15, 0.2) is 6.10 Å². The smallest absolute Gasteiger partial charge is 0.393 e. The second kappa shape index (κ2) is 5.18. The van der Waals surface area contributed by atoms with Crippen LogP contribution >= 0.6 is 0 Å². The average molecular weight is 248 g/mol. The number of halogens is 3. The molecule has 6 heteroatoms. The molecule has 17 heavy (non-hydrogen) atoms. The number of ether oxygens (including phenoxy) is 1. The molecule has 0 aromatic heterocycles. The minimum atomic E-state index is -4.28. The molecule has 0 fully saturated rings. The Labute approximate surface area is 95.8 Å². The van der Waals surface area contributed by atoms with Gasteiger partial charge in [0.05, 0.1) is 13.5 Å². The van der Waals surface area contributed by atoms with Crippen molar-refractivity contribution in [2.75, 3.05) is 7.11 Å². The van der Waals surface area contributed by atoms with Crippen LogP contribution in [0.5, 0.6) is 0 Å². The average Bonchev–Trinajstić information content (AvgIpc) is 2.26. The van der Waals surface area contributed by atoms with Crippen molar-refractivity contribution >= 4 is 5.97 Å². The zero-order valence-electron chi connectivity index (χ0n) is 8.99. The largest absolute Gasteiger partial charge is 0.467 e. The zero-order valence-corrected chi connectivity index (χ0v) is 8.99. The number of rotatable bonds is 3. The molecule has 1 rings (SSSR count). The van der Waals surface area contributed by atoms with Crippen LogP contribution in [0.25, 0.3) is 0 Å². The predicted molar refractivity (Wildman–Crippen MR) is 53.2 cm³/mol. The molecule has 1 unspecified atom stereocenters. The topological polar surface area (TPSA) is 46.5 Å². The first kappa shape index (κ1) is 13.5. The molecule has 0 bridgehead atoms. The van der Waals surface area contributed by atoms with Crippen molar-refractivity contribution in [2.45, 2.75) is 18.7 Å². The Bertz CT molecular complexity index is 384. The number of hydrogen-bond acceptors (Lipinski definition) is 3. The third kappa shape index (κ3) is 4.07. The molecule has 0 radical (unpaired) electrons. The van der Waals surface area contributed by atoms with Gasteiger partial charge in [-0.05, 0) is 11.1 Å². The molecule has 0 saturated carbocycles. The van der Waals surface area contributed by atoms with E-state index in [2.05, 4.69) is 4.74 Å². The van der Waals surface area contributed by atoms with E-state index in [9.17, 15) is 23.1 Å². The molecule has 0 aliphatic heterocycles. The molecule has 0 saturated heterocycles. The van der Waals surface area contributed by atoms with Gasteiger partial charge in [-0.2, -0.15) is 13.2 Å². The Morgan fingerprint density at radius 2 is 1.88 bits per heavy atom. The van der Waals surface area contributed by atoms with Crippen LogP contribution in [0.1, 0.15) is 17.2 Å². The van der Waals surface area contributed by atoms with Crippen molar-refractivity contribution < 1.29 is 27.8 Å². The molecule has 94 valence electrons. The van der Waals surface area contributed by atoms with Crippen LogP contribution in [-0.2, 0) is 16.0 Å². The minimum Gasteiger partial charge on any atom is -0.467 e. The van der Waals surface area contributed by atoms with Gasteiger partial charge in [-0.15, -0.1) is 0 Å². The zero-order chi connectivity index (χ0) is 13.1. The molecular formula is C11H11F3O3. The number of alkyl halides is 3. The predicted octanol–water partition coefficient (Wildman–Crippen LogP) is 2.00. The van der Waals surface area contributed by atoms with Gasteiger partial charge in [0, 0.05) is 0 Å². The van der Waals surface area contributed by atoms with E-state index in [1.54, 1.807) is 0 Å². The summed E-state index contributed by atoms with van der Waals surface area (Å²) in [7, 11) is 1.11. The van der Waals surface area contributed by atoms with Gasteiger partial charge in [-0.25, -0.2) is 4.79 Å². The van der Waals surface area contributed by atoms with Gasteiger partial charge in [-0.1, -0.05) is 24.3 Å². The summed E-state index contributed by atoms with van der Waals surface area (Å²) in [4.78, 5) is 11.0. The van der Waals surface area contributed by atoms with E-state index >= 15 is 0 Å². The van der Waals surface area contributed by atoms with Crippen molar-refractivity contribution in [1.29, 1.82) is 0 Å². The molecule has 0 aliphatic carbocycles. The molecule has 1 aromatic carbocycles. The third-order valence-corrected chi connectivity index (χ3v) is 2.12. The molecular weight excluding hydrogens is 237 g/mol. The summed E-state index contributed by atoms with van der Waals surface area (Å²) in [5.74, 6) is -0.853. The van der Waals surface area contributed by atoms with E-state index in [0.717, 1.165) is 7.11 Å². The van der Waals surface area contributed by atoms with Crippen molar-refractivity contribution in [3.63, 3.8) is 0 Å². The summed E-state index contributed by atoms with van der Waals surface area (Å²) >= 11 is 0. The molecule has 3 nitrogen and oxygen atoms in total. The first-order valence-electron chi connectivity index (χ1n) is 4.75. The van der Waals surface area contributed by atoms with E-state index in [1.807, 2.05) is 0 Å². The third-order valence-electron chi connectivity index (χ3n) is 2.12. The summed E-state index contributed by atoms with van der Waals surface area (Å²) in [5, 5.41) is 9.42. The maximum atomic E-state index is 12.1. The van der Waals surface area contributed by atoms with Crippen LogP contribution in [-0.4, -0.2) is 24.4 Å². The van der Waals surface area contributed by atoms with Crippen LogP contribution in [0.2, 0.25) is 0 Å². The van der Waals surface area contributed by atoms with Gasteiger partial charge >= 0.3 is 12.1 Å². The highest BCUT2D eigenvalue weighted by Crippen LogP contribution is 2.22. The van der Waals surface area contributed by atoms with Crippen molar-refractivity contribution in [2.24, 2.45) is 0 Å². The number of benzene rings is 1. The molecule has 0 aliphatic rings. The molecule has 1 aromatic rings. The Morgan fingerprint density at radius 1 is 1.35 bits per heavy atom. The Kier molecular flexibility index (Phi) is 4.11. The highest BCUT2D eigenvalue weighted by atomic mass is 19.4. The van der Waals surface area contributed by atoms with Crippen LogP contribution in [0.3, 0.4) is 0 Å². The van der Waals surface area contributed by atoms with E-state index in [-0.39, 0.29) is 11.1 Å². The van der Waals surface area contributed by atoms with Crippen molar-refractivity contribution in [3.8, 4) is 0 Å². The normalized spacial score (nSPS) is 13.2. The Morgan fingerprint density at radius 3 is 2.29 bits per heavy atom. The first-order chi connectivity index (χ1) is 7.83. The van der Waals surface area contributed by atoms with Gasteiger partial charge in [0.2, 0.25) is 0 Å². The van der Waals surface area contributed by atoms with Crippen LogP contribution in [0.15, 0.2) is 24.3 Å². The van der Waals surface area contributed by atoms with Gasteiger partial charge in [-0.3, -0.25) is 0 Å². The maximum Gasteiger partial charge on any atom is 0.393 e. The van der Waals surface area contributed by atoms with Crippen molar-refractivity contribution in [1.82, 2.24) is 0 Å². The fourth-order valence-corrected chi connectivity index (χ4v) is 1.30. The number of hydrogen-bond donors (Lipinski definition) is 1. The number of carbonyl (C=O) groups excluding carboxylic acids is 1. The second-order valence-electron chi connectivity index (χ2n) is 3.46. The number of carbonyl (C=O) groups is 1. The maximum absolute atomic E-state index is 12.1. The van der Waals surface area contributed by atoms with Crippen LogP contribution < -0.4 is 0 Å². The molecule has 1 N–H and O–H groups in total. The highest BCUT2D eigenvalue weighted by molar-refractivity contribution is 5.76. The molecule has 0 spiro atoms. The quantitative estimate of drug-likeness (QED) is 0.832. The molecule has 0 amide bonds. The first-order valence-corrected chi connectivity index (χ1v) is 4.75. The number of aliphatic hydroxyl groups is 1. The summed E-state index contributed by atoms with van der Waals surface area (Å²) in [5.41, 5.74) is 0.265. The van der Waals surface area contributed by atoms with E-state index in [0.29, 0.717) is 0 Å². The molecule has 0 heterocycles. The summed E-state index contributed by atoms with van der Waals surface area (Å²) in [6.07, 6.45) is -6.79. The van der Waals surface area contributed by atoms with Gasteiger partial charge < -0.3 is 9.84 Å². The number of esters is 1. The standard InChI is InChI=1S/C11H11F3O3/c1-17-10(16)9(15)8-4-2-7(3-5-8)6-11(12,13)14/h2-5,9,15H,6H2,1H3.